The summed E-state index contributed by atoms with van der Waals surface area (Å²) in [6.07, 6.45) is 1.85. The maximum Gasteiger partial charge on any atom is 0.236 e. The molecule has 1 amide bonds. The molecule has 0 saturated carbocycles. The summed E-state index contributed by atoms with van der Waals surface area (Å²) in [5, 5.41) is 0.0627. The molecular weight excluding hydrogens is 278 g/mol. The molecule has 0 radical (unpaired) electrons. The van der Waals surface area contributed by atoms with E-state index in [0.29, 0.717) is 5.91 Å². The zero-order valence-electron chi connectivity index (χ0n) is 11.8. The van der Waals surface area contributed by atoms with E-state index in [4.69, 9.17) is 0 Å². The van der Waals surface area contributed by atoms with Crippen molar-refractivity contribution in [1.82, 2.24) is 4.90 Å². The van der Waals surface area contributed by atoms with Gasteiger partial charge in [0.1, 0.15) is 0 Å². The number of nitrogens with zero attached hydrogens (tertiary/aromatic N) is 1. The molecule has 2 heterocycles. The Bertz CT molecular complexity index is 672. The SMILES string of the molecule is O=C(C1Cc2ccccc2S1)N1CCc2ccccc2C1. The molecule has 0 aromatic heterocycles. The number of benzene rings is 2. The molecule has 1 atom stereocenters. The first-order chi connectivity index (χ1) is 10.3. The normalized spacial score (nSPS) is 20.0. The molecule has 2 aliphatic heterocycles. The molecule has 4 rings (SSSR count). The lowest BCUT2D eigenvalue weighted by molar-refractivity contribution is -0.131. The second kappa shape index (κ2) is 5.23. The van der Waals surface area contributed by atoms with Crippen LogP contribution >= 0.6 is 11.8 Å². The Labute approximate surface area is 129 Å². The van der Waals surface area contributed by atoms with E-state index in [1.807, 2.05) is 4.90 Å². The minimum absolute atomic E-state index is 0.0627. The van der Waals surface area contributed by atoms with E-state index in [9.17, 15) is 4.79 Å². The van der Waals surface area contributed by atoms with Gasteiger partial charge in [0, 0.05) is 18.0 Å². The molecule has 106 valence electrons. The molecule has 2 aromatic rings. The highest BCUT2D eigenvalue weighted by Gasteiger charge is 2.32. The van der Waals surface area contributed by atoms with Crippen molar-refractivity contribution in [3.05, 3.63) is 65.2 Å². The summed E-state index contributed by atoms with van der Waals surface area (Å²) in [6, 6.07) is 16.8. The van der Waals surface area contributed by atoms with Gasteiger partial charge < -0.3 is 4.90 Å². The third-order valence-electron chi connectivity index (χ3n) is 4.36. The van der Waals surface area contributed by atoms with Crippen molar-refractivity contribution in [2.24, 2.45) is 0 Å². The Morgan fingerprint density at radius 2 is 1.71 bits per heavy atom. The number of carbonyl (C=O) groups excluding carboxylic acids is 1. The molecule has 1 unspecified atom stereocenters. The zero-order chi connectivity index (χ0) is 14.2. The Morgan fingerprint density at radius 3 is 2.52 bits per heavy atom. The minimum Gasteiger partial charge on any atom is -0.337 e. The van der Waals surface area contributed by atoms with Gasteiger partial charge in [-0.1, -0.05) is 42.5 Å². The predicted molar refractivity (Wildman–Crippen MR) is 85.4 cm³/mol. The standard InChI is InChI=1S/C18H17NOS/c20-18(17-11-14-6-3-4-8-16(14)21-17)19-10-9-13-5-1-2-7-15(13)12-19/h1-8,17H,9-12H2. The Kier molecular flexibility index (Phi) is 3.23. The first kappa shape index (κ1) is 13.0. The molecule has 2 aliphatic rings. The van der Waals surface area contributed by atoms with Crippen molar-refractivity contribution in [3.63, 3.8) is 0 Å². The average Bonchev–Trinajstić information content (AvgIpc) is 2.97. The van der Waals surface area contributed by atoms with Crippen LogP contribution in [-0.4, -0.2) is 22.6 Å². The van der Waals surface area contributed by atoms with Gasteiger partial charge in [-0.05, 0) is 35.6 Å². The van der Waals surface area contributed by atoms with Crippen molar-refractivity contribution in [1.29, 1.82) is 0 Å². The summed E-state index contributed by atoms with van der Waals surface area (Å²) in [4.78, 5) is 16.1. The maximum atomic E-state index is 12.8. The van der Waals surface area contributed by atoms with E-state index in [0.717, 1.165) is 25.9 Å². The monoisotopic (exact) mass is 295 g/mol. The quantitative estimate of drug-likeness (QED) is 0.804. The molecule has 0 N–H and O–H groups in total. The van der Waals surface area contributed by atoms with Crippen LogP contribution in [0.1, 0.15) is 16.7 Å². The maximum absolute atomic E-state index is 12.8. The number of hydrogen-bond donors (Lipinski definition) is 0. The molecular formula is C18H17NOS. The Morgan fingerprint density at radius 1 is 1.00 bits per heavy atom. The number of carbonyl (C=O) groups is 1. The molecule has 2 aromatic carbocycles. The van der Waals surface area contributed by atoms with Gasteiger partial charge in [0.2, 0.25) is 5.91 Å². The van der Waals surface area contributed by atoms with Crippen molar-refractivity contribution in [3.8, 4) is 0 Å². The van der Waals surface area contributed by atoms with Crippen LogP contribution < -0.4 is 0 Å². The zero-order valence-corrected chi connectivity index (χ0v) is 12.6. The van der Waals surface area contributed by atoms with E-state index < -0.39 is 0 Å². The second-order valence-corrected chi connectivity index (χ2v) is 6.94. The summed E-state index contributed by atoms with van der Waals surface area (Å²) in [5.41, 5.74) is 4.01. The first-order valence-corrected chi connectivity index (χ1v) is 8.29. The molecule has 2 nitrogen and oxygen atoms in total. The van der Waals surface area contributed by atoms with Crippen LogP contribution in [0.4, 0.5) is 0 Å². The van der Waals surface area contributed by atoms with E-state index >= 15 is 0 Å². The number of fused-ring (bicyclic) bond motifs is 2. The van der Waals surface area contributed by atoms with Crippen LogP contribution in [0.15, 0.2) is 53.4 Å². The van der Waals surface area contributed by atoms with Crippen LogP contribution in [0, 0.1) is 0 Å². The fourth-order valence-corrected chi connectivity index (χ4v) is 4.49. The van der Waals surface area contributed by atoms with Gasteiger partial charge in [0.05, 0.1) is 5.25 Å². The molecule has 0 aliphatic carbocycles. The Hall–Kier alpha value is -1.74. The first-order valence-electron chi connectivity index (χ1n) is 7.41. The van der Waals surface area contributed by atoms with Crippen LogP contribution in [0.3, 0.4) is 0 Å². The molecule has 3 heteroatoms. The van der Waals surface area contributed by atoms with Crippen molar-refractivity contribution < 1.29 is 4.79 Å². The molecule has 0 saturated heterocycles. The number of thioether (sulfide) groups is 1. The van der Waals surface area contributed by atoms with E-state index in [1.165, 1.54) is 21.6 Å². The highest BCUT2D eigenvalue weighted by Crippen LogP contribution is 2.38. The Balaban J connectivity index is 1.50. The predicted octanol–water partition coefficient (Wildman–Crippen LogP) is 3.29. The molecule has 0 fully saturated rings. The third kappa shape index (κ3) is 2.36. The fourth-order valence-electron chi connectivity index (χ4n) is 3.21. The van der Waals surface area contributed by atoms with Crippen molar-refractivity contribution >= 4 is 17.7 Å². The number of amides is 1. The van der Waals surface area contributed by atoms with E-state index in [1.54, 1.807) is 11.8 Å². The van der Waals surface area contributed by atoms with E-state index in [2.05, 4.69) is 48.5 Å². The van der Waals surface area contributed by atoms with Gasteiger partial charge in [-0.3, -0.25) is 4.79 Å². The lowest BCUT2D eigenvalue weighted by Gasteiger charge is -2.30. The number of rotatable bonds is 1. The number of hydrogen-bond acceptors (Lipinski definition) is 2. The van der Waals surface area contributed by atoms with Crippen LogP contribution in [0.25, 0.3) is 0 Å². The smallest absolute Gasteiger partial charge is 0.236 e. The van der Waals surface area contributed by atoms with Crippen LogP contribution in [0.5, 0.6) is 0 Å². The summed E-state index contributed by atoms with van der Waals surface area (Å²) in [5.74, 6) is 0.297. The van der Waals surface area contributed by atoms with Gasteiger partial charge >= 0.3 is 0 Å². The van der Waals surface area contributed by atoms with E-state index in [-0.39, 0.29) is 5.25 Å². The lowest BCUT2D eigenvalue weighted by atomic mass is 9.99. The van der Waals surface area contributed by atoms with Crippen molar-refractivity contribution in [2.75, 3.05) is 6.54 Å². The van der Waals surface area contributed by atoms with Crippen LogP contribution in [-0.2, 0) is 24.2 Å². The topological polar surface area (TPSA) is 20.3 Å². The lowest BCUT2D eigenvalue weighted by Crippen LogP contribution is -2.40. The van der Waals surface area contributed by atoms with Gasteiger partial charge in [0.15, 0.2) is 0 Å². The second-order valence-electron chi connectivity index (χ2n) is 5.70. The summed E-state index contributed by atoms with van der Waals surface area (Å²) in [7, 11) is 0. The summed E-state index contributed by atoms with van der Waals surface area (Å²) >= 11 is 1.73. The summed E-state index contributed by atoms with van der Waals surface area (Å²) < 4.78 is 0. The third-order valence-corrected chi connectivity index (χ3v) is 5.67. The van der Waals surface area contributed by atoms with Crippen LogP contribution in [0.2, 0.25) is 0 Å². The van der Waals surface area contributed by atoms with Gasteiger partial charge in [-0.15, -0.1) is 11.8 Å². The van der Waals surface area contributed by atoms with Gasteiger partial charge in [0.25, 0.3) is 0 Å². The fraction of sp³-hybridized carbons (Fsp3) is 0.278. The van der Waals surface area contributed by atoms with Crippen molar-refractivity contribution in [2.45, 2.75) is 29.5 Å². The molecule has 21 heavy (non-hydrogen) atoms. The highest BCUT2D eigenvalue weighted by atomic mass is 32.2. The average molecular weight is 295 g/mol. The molecule has 0 bridgehead atoms. The summed E-state index contributed by atoms with van der Waals surface area (Å²) in [6.45, 7) is 1.62. The molecule has 0 spiro atoms. The minimum atomic E-state index is 0.0627. The largest absolute Gasteiger partial charge is 0.337 e. The van der Waals surface area contributed by atoms with Gasteiger partial charge in [-0.25, -0.2) is 0 Å². The highest BCUT2D eigenvalue weighted by molar-refractivity contribution is 8.01. The van der Waals surface area contributed by atoms with Gasteiger partial charge in [-0.2, -0.15) is 0 Å².